The van der Waals surface area contributed by atoms with Crippen LogP contribution in [0, 0.1) is 0 Å². The SMILES string of the molecule is CCCCc1ccc(NS(=O)(=O)c2cccc(C(=O)NC3CCN(CC)CC3)c2)cc1. The van der Waals surface area contributed by atoms with Crippen LogP contribution in [0.25, 0.3) is 0 Å². The number of rotatable bonds is 9. The van der Waals surface area contributed by atoms with Crippen molar-refractivity contribution in [2.75, 3.05) is 24.4 Å². The monoisotopic (exact) mass is 443 g/mol. The van der Waals surface area contributed by atoms with E-state index in [1.54, 1.807) is 24.3 Å². The van der Waals surface area contributed by atoms with Gasteiger partial charge in [-0.15, -0.1) is 0 Å². The van der Waals surface area contributed by atoms with Gasteiger partial charge in [0.2, 0.25) is 0 Å². The quantitative estimate of drug-likeness (QED) is 0.613. The number of amides is 1. The molecule has 3 rings (SSSR count). The molecule has 1 amide bonds. The van der Waals surface area contributed by atoms with Crippen LogP contribution in [0.5, 0.6) is 0 Å². The van der Waals surface area contributed by atoms with E-state index in [4.69, 9.17) is 0 Å². The van der Waals surface area contributed by atoms with Gasteiger partial charge in [0.25, 0.3) is 15.9 Å². The number of carbonyl (C=O) groups is 1. The molecule has 1 aliphatic rings. The van der Waals surface area contributed by atoms with Crippen LogP contribution in [-0.4, -0.2) is 44.9 Å². The Labute approximate surface area is 186 Å². The van der Waals surface area contributed by atoms with Gasteiger partial charge >= 0.3 is 0 Å². The van der Waals surface area contributed by atoms with Gasteiger partial charge in [-0.3, -0.25) is 9.52 Å². The molecule has 0 spiro atoms. The molecule has 1 fully saturated rings. The molecule has 168 valence electrons. The van der Waals surface area contributed by atoms with E-state index < -0.39 is 10.0 Å². The summed E-state index contributed by atoms with van der Waals surface area (Å²) in [6.45, 7) is 7.24. The molecular formula is C24H33N3O3S. The fraction of sp³-hybridized carbons (Fsp3) is 0.458. The van der Waals surface area contributed by atoms with Gasteiger partial charge in [0.15, 0.2) is 0 Å². The van der Waals surface area contributed by atoms with Gasteiger partial charge in [-0.05, 0) is 68.1 Å². The molecule has 2 aromatic rings. The smallest absolute Gasteiger partial charge is 0.261 e. The Morgan fingerprint density at radius 1 is 1.06 bits per heavy atom. The highest BCUT2D eigenvalue weighted by molar-refractivity contribution is 7.92. The zero-order valence-electron chi connectivity index (χ0n) is 18.4. The molecule has 0 unspecified atom stereocenters. The van der Waals surface area contributed by atoms with Crippen molar-refractivity contribution in [1.82, 2.24) is 10.2 Å². The second-order valence-corrected chi connectivity index (χ2v) is 9.80. The van der Waals surface area contributed by atoms with Crippen molar-refractivity contribution in [3.8, 4) is 0 Å². The number of nitrogens with one attached hydrogen (secondary N) is 2. The van der Waals surface area contributed by atoms with Gasteiger partial charge in [0.05, 0.1) is 4.90 Å². The second kappa shape index (κ2) is 10.8. The highest BCUT2D eigenvalue weighted by Gasteiger charge is 2.21. The van der Waals surface area contributed by atoms with E-state index in [-0.39, 0.29) is 16.8 Å². The number of carbonyl (C=O) groups excluding carboxylic acids is 1. The average molecular weight is 444 g/mol. The van der Waals surface area contributed by atoms with Crippen molar-refractivity contribution in [3.63, 3.8) is 0 Å². The third-order valence-corrected chi connectivity index (χ3v) is 7.18. The number of piperidine rings is 1. The zero-order chi connectivity index (χ0) is 22.3. The second-order valence-electron chi connectivity index (χ2n) is 8.12. The van der Waals surface area contributed by atoms with Crippen molar-refractivity contribution in [1.29, 1.82) is 0 Å². The molecule has 2 aromatic carbocycles. The first kappa shape index (κ1) is 23.3. The maximum atomic E-state index is 12.8. The number of sulfonamides is 1. The van der Waals surface area contributed by atoms with E-state index in [9.17, 15) is 13.2 Å². The summed E-state index contributed by atoms with van der Waals surface area (Å²) in [5.41, 5.74) is 2.06. The number of benzene rings is 2. The lowest BCUT2D eigenvalue weighted by Crippen LogP contribution is -2.44. The van der Waals surface area contributed by atoms with E-state index in [2.05, 4.69) is 28.8 Å². The van der Waals surface area contributed by atoms with Gasteiger partial charge in [0.1, 0.15) is 0 Å². The molecule has 0 aromatic heterocycles. The molecule has 1 saturated heterocycles. The molecule has 6 nitrogen and oxygen atoms in total. The van der Waals surface area contributed by atoms with Gasteiger partial charge in [0, 0.05) is 30.4 Å². The van der Waals surface area contributed by atoms with Crippen molar-refractivity contribution in [3.05, 3.63) is 59.7 Å². The summed E-state index contributed by atoms with van der Waals surface area (Å²) in [4.78, 5) is 15.1. The molecule has 7 heteroatoms. The lowest BCUT2D eigenvalue weighted by atomic mass is 10.0. The Bertz CT molecular complexity index is 966. The fourth-order valence-corrected chi connectivity index (χ4v) is 4.91. The summed E-state index contributed by atoms with van der Waals surface area (Å²) in [5, 5.41) is 3.05. The highest BCUT2D eigenvalue weighted by Crippen LogP contribution is 2.19. The minimum Gasteiger partial charge on any atom is -0.349 e. The molecule has 31 heavy (non-hydrogen) atoms. The predicted molar refractivity (Wildman–Crippen MR) is 125 cm³/mol. The lowest BCUT2D eigenvalue weighted by Gasteiger charge is -2.31. The lowest BCUT2D eigenvalue weighted by molar-refractivity contribution is 0.0912. The number of hydrogen-bond donors (Lipinski definition) is 2. The molecular weight excluding hydrogens is 410 g/mol. The molecule has 1 heterocycles. The van der Waals surface area contributed by atoms with E-state index in [0.29, 0.717) is 11.3 Å². The van der Waals surface area contributed by atoms with Crippen LogP contribution in [0.1, 0.15) is 55.5 Å². The van der Waals surface area contributed by atoms with Crippen LogP contribution in [0.3, 0.4) is 0 Å². The highest BCUT2D eigenvalue weighted by atomic mass is 32.2. The number of hydrogen-bond acceptors (Lipinski definition) is 4. The third kappa shape index (κ3) is 6.55. The minimum atomic E-state index is -3.78. The van der Waals surface area contributed by atoms with Crippen LogP contribution in [0.15, 0.2) is 53.4 Å². The molecule has 1 aliphatic heterocycles. The maximum absolute atomic E-state index is 12.8. The van der Waals surface area contributed by atoms with Crippen LogP contribution in [0.4, 0.5) is 5.69 Å². The molecule has 0 bridgehead atoms. The standard InChI is InChI=1S/C24H33N3O3S/c1-3-5-7-19-10-12-22(13-11-19)26-31(29,30)23-9-6-8-20(18-23)24(28)25-21-14-16-27(4-2)17-15-21/h6,8-13,18,21,26H,3-5,7,14-17H2,1-2H3,(H,25,28). The fourth-order valence-electron chi connectivity index (χ4n) is 3.80. The zero-order valence-corrected chi connectivity index (χ0v) is 19.2. The predicted octanol–water partition coefficient (Wildman–Crippen LogP) is 4.04. The van der Waals surface area contributed by atoms with Crippen LogP contribution < -0.4 is 10.0 Å². The molecule has 0 radical (unpaired) electrons. The number of anilines is 1. The summed E-state index contributed by atoms with van der Waals surface area (Å²) in [7, 11) is -3.78. The Morgan fingerprint density at radius 3 is 2.42 bits per heavy atom. The van der Waals surface area contributed by atoms with Crippen LogP contribution in [-0.2, 0) is 16.4 Å². The van der Waals surface area contributed by atoms with E-state index in [0.717, 1.165) is 51.7 Å². The third-order valence-electron chi connectivity index (χ3n) is 5.80. The van der Waals surface area contributed by atoms with Crippen molar-refractivity contribution >= 4 is 21.6 Å². The van der Waals surface area contributed by atoms with Gasteiger partial charge < -0.3 is 10.2 Å². The minimum absolute atomic E-state index is 0.0796. The Hall–Kier alpha value is -2.38. The summed E-state index contributed by atoms with van der Waals surface area (Å²) in [6.07, 6.45) is 5.03. The number of aryl methyl sites for hydroxylation is 1. The maximum Gasteiger partial charge on any atom is 0.261 e. The summed E-state index contributed by atoms with van der Waals surface area (Å²) in [5.74, 6) is -0.229. The van der Waals surface area contributed by atoms with Crippen molar-refractivity contribution in [2.24, 2.45) is 0 Å². The van der Waals surface area contributed by atoms with Crippen molar-refractivity contribution in [2.45, 2.75) is 56.9 Å². The molecule has 0 saturated carbocycles. The molecule has 2 N–H and O–H groups in total. The topological polar surface area (TPSA) is 78.5 Å². The molecule has 0 atom stereocenters. The first-order chi connectivity index (χ1) is 14.9. The first-order valence-corrected chi connectivity index (χ1v) is 12.6. The summed E-state index contributed by atoms with van der Waals surface area (Å²) < 4.78 is 28.3. The van der Waals surface area contributed by atoms with Gasteiger partial charge in [-0.1, -0.05) is 38.5 Å². The summed E-state index contributed by atoms with van der Waals surface area (Å²) in [6, 6.07) is 13.8. The Balaban J connectivity index is 1.64. The molecule has 0 aliphatic carbocycles. The van der Waals surface area contributed by atoms with Crippen molar-refractivity contribution < 1.29 is 13.2 Å². The van der Waals surface area contributed by atoms with Crippen LogP contribution in [0.2, 0.25) is 0 Å². The van der Waals surface area contributed by atoms with E-state index in [1.165, 1.54) is 17.7 Å². The average Bonchev–Trinajstić information content (AvgIpc) is 2.79. The number of nitrogens with zero attached hydrogens (tertiary/aromatic N) is 1. The normalized spacial score (nSPS) is 15.5. The first-order valence-electron chi connectivity index (χ1n) is 11.2. The Morgan fingerprint density at radius 2 is 1.77 bits per heavy atom. The van der Waals surface area contributed by atoms with Gasteiger partial charge in [-0.2, -0.15) is 0 Å². The van der Waals surface area contributed by atoms with Gasteiger partial charge in [-0.25, -0.2) is 8.42 Å². The van der Waals surface area contributed by atoms with E-state index >= 15 is 0 Å². The summed E-state index contributed by atoms with van der Waals surface area (Å²) >= 11 is 0. The number of likely N-dealkylation sites (tertiary alicyclic amines) is 1. The largest absolute Gasteiger partial charge is 0.349 e. The van der Waals surface area contributed by atoms with Crippen LogP contribution >= 0.6 is 0 Å². The Kier molecular flexibility index (Phi) is 8.09. The van der Waals surface area contributed by atoms with E-state index in [1.807, 2.05) is 12.1 Å². The number of unbranched alkanes of at least 4 members (excludes halogenated alkanes) is 1.